The zero-order valence-electron chi connectivity index (χ0n) is 11.5. The van der Waals surface area contributed by atoms with Crippen LogP contribution in [0.5, 0.6) is 0 Å². The van der Waals surface area contributed by atoms with Crippen molar-refractivity contribution in [1.29, 1.82) is 0 Å². The van der Waals surface area contributed by atoms with Crippen molar-refractivity contribution in [1.82, 2.24) is 5.32 Å². The molecule has 102 valence electrons. The Balaban J connectivity index is 1.52. The van der Waals surface area contributed by atoms with Gasteiger partial charge in [0.05, 0.1) is 5.92 Å². The summed E-state index contributed by atoms with van der Waals surface area (Å²) in [5.74, 6) is 1.68. The van der Waals surface area contributed by atoms with Crippen LogP contribution in [0.3, 0.4) is 0 Å². The predicted molar refractivity (Wildman–Crippen MR) is 70.1 cm³/mol. The topological polar surface area (TPSA) is 38.3 Å². The van der Waals surface area contributed by atoms with E-state index >= 15 is 0 Å². The summed E-state index contributed by atoms with van der Waals surface area (Å²) in [5, 5.41) is 3.51. The molecule has 0 radical (unpaired) electrons. The second-order valence-corrected chi connectivity index (χ2v) is 6.72. The number of nitrogens with one attached hydrogen (secondary N) is 1. The molecule has 0 spiro atoms. The van der Waals surface area contributed by atoms with Crippen LogP contribution in [0, 0.1) is 17.8 Å². The molecular formula is C15H25NO2. The van der Waals surface area contributed by atoms with Gasteiger partial charge in [0.15, 0.2) is 0 Å². The third kappa shape index (κ3) is 2.29. The fraction of sp³-hybridized carbons (Fsp3) is 0.933. The molecule has 2 bridgehead atoms. The first-order valence-corrected chi connectivity index (χ1v) is 7.60. The maximum atomic E-state index is 12.2. The minimum absolute atomic E-state index is 0.0708. The Morgan fingerprint density at radius 2 is 1.89 bits per heavy atom. The lowest BCUT2D eigenvalue weighted by Gasteiger charge is -2.32. The van der Waals surface area contributed by atoms with Gasteiger partial charge >= 0.3 is 5.97 Å². The van der Waals surface area contributed by atoms with Crippen molar-refractivity contribution in [2.75, 3.05) is 0 Å². The number of hydrogen-bond acceptors (Lipinski definition) is 3. The molecule has 1 N–H and O–H groups in total. The molecule has 0 amide bonds. The minimum atomic E-state index is 0.0708. The summed E-state index contributed by atoms with van der Waals surface area (Å²) in [5.41, 5.74) is 0. The number of carbonyl (C=O) groups excluding carboxylic acids is 1. The van der Waals surface area contributed by atoms with E-state index in [-0.39, 0.29) is 18.0 Å². The Labute approximate surface area is 110 Å². The number of carbonyl (C=O) groups is 1. The third-order valence-corrected chi connectivity index (χ3v) is 5.44. The summed E-state index contributed by atoms with van der Waals surface area (Å²) in [6, 6.07) is 0.986. The summed E-state index contributed by atoms with van der Waals surface area (Å²) in [7, 11) is 0. The molecule has 0 aromatic heterocycles. The zero-order chi connectivity index (χ0) is 12.7. The molecule has 2 aliphatic heterocycles. The van der Waals surface area contributed by atoms with Crippen molar-refractivity contribution in [3.05, 3.63) is 0 Å². The largest absolute Gasteiger partial charge is 0.462 e. The summed E-state index contributed by atoms with van der Waals surface area (Å²) in [6.07, 6.45) is 6.90. The van der Waals surface area contributed by atoms with Crippen molar-refractivity contribution >= 4 is 5.97 Å². The van der Waals surface area contributed by atoms with E-state index in [9.17, 15) is 4.79 Å². The van der Waals surface area contributed by atoms with E-state index in [0.29, 0.717) is 18.0 Å². The van der Waals surface area contributed by atoms with Gasteiger partial charge in [-0.25, -0.2) is 0 Å². The van der Waals surface area contributed by atoms with E-state index in [0.717, 1.165) is 31.6 Å². The van der Waals surface area contributed by atoms with Crippen molar-refractivity contribution in [3.63, 3.8) is 0 Å². The van der Waals surface area contributed by atoms with Gasteiger partial charge in [0.1, 0.15) is 6.10 Å². The number of hydrogen-bond donors (Lipinski definition) is 1. The molecule has 1 saturated carbocycles. The molecule has 3 heteroatoms. The molecule has 1 aliphatic carbocycles. The molecule has 2 saturated heterocycles. The Hall–Kier alpha value is -0.570. The maximum Gasteiger partial charge on any atom is 0.310 e. The van der Waals surface area contributed by atoms with Gasteiger partial charge in [0.2, 0.25) is 0 Å². The maximum absolute atomic E-state index is 12.2. The minimum Gasteiger partial charge on any atom is -0.462 e. The van der Waals surface area contributed by atoms with Crippen LogP contribution in [-0.2, 0) is 9.53 Å². The van der Waals surface area contributed by atoms with Gasteiger partial charge in [0.25, 0.3) is 0 Å². The molecule has 3 fully saturated rings. The highest BCUT2D eigenvalue weighted by Gasteiger charge is 2.44. The standard InChI is InChI=1S/C15H25NO2/c1-9-3-5-12(7-10(9)2)18-15(17)13-8-11-4-6-14(13)16-11/h9-14,16H,3-8H2,1-2H3. The first-order chi connectivity index (χ1) is 8.63. The fourth-order valence-electron chi connectivity index (χ4n) is 3.94. The summed E-state index contributed by atoms with van der Waals surface area (Å²) < 4.78 is 5.77. The fourth-order valence-corrected chi connectivity index (χ4v) is 3.94. The second kappa shape index (κ2) is 4.84. The van der Waals surface area contributed by atoms with E-state index in [2.05, 4.69) is 19.2 Å². The van der Waals surface area contributed by atoms with Crippen molar-refractivity contribution in [3.8, 4) is 0 Å². The Morgan fingerprint density at radius 1 is 1.06 bits per heavy atom. The van der Waals surface area contributed by atoms with E-state index in [4.69, 9.17) is 4.74 Å². The first-order valence-electron chi connectivity index (χ1n) is 7.60. The van der Waals surface area contributed by atoms with Crippen molar-refractivity contribution in [2.45, 2.75) is 70.6 Å². The Bertz CT molecular complexity index is 330. The molecule has 6 atom stereocenters. The highest BCUT2D eigenvalue weighted by molar-refractivity contribution is 5.74. The van der Waals surface area contributed by atoms with Gasteiger partial charge < -0.3 is 10.1 Å². The second-order valence-electron chi connectivity index (χ2n) is 6.72. The molecule has 18 heavy (non-hydrogen) atoms. The SMILES string of the molecule is CC1CCC(OC(=O)C2CC3CCC2N3)CC1C. The lowest BCUT2D eigenvalue weighted by atomic mass is 9.80. The van der Waals surface area contributed by atoms with Crippen molar-refractivity contribution < 1.29 is 9.53 Å². The van der Waals surface area contributed by atoms with E-state index in [1.54, 1.807) is 0 Å². The van der Waals surface area contributed by atoms with Gasteiger partial charge in [-0.2, -0.15) is 0 Å². The first kappa shape index (κ1) is 12.5. The van der Waals surface area contributed by atoms with Crippen molar-refractivity contribution in [2.24, 2.45) is 17.8 Å². The molecule has 3 rings (SSSR count). The van der Waals surface area contributed by atoms with E-state index in [1.165, 1.54) is 12.8 Å². The molecule has 3 nitrogen and oxygen atoms in total. The van der Waals surface area contributed by atoms with Crippen LogP contribution in [0.2, 0.25) is 0 Å². The Morgan fingerprint density at radius 3 is 2.50 bits per heavy atom. The van der Waals surface area contributed by atoms with Crippen LogP contribution in [0.1, 0.15) is 52.4 Å². The van der Waals surface area contributed by atoms with Crippen LogP contribution >= 0.6 is 0 Å². The normalized spacial score (nSPS) is 47.2. The van der Waals surface area contributed by atoms with Gasteiger partial charge in [-0.3, -0.25) is 4.79 Å². The molecule has 3 aliphatic rings. The Kier molecular flexibility index (Phi) is 3.35. The molecule has 2 heterocycles. The lowest BCUT2D eigenvalue weighted by Crippen LogP contribution is -2.35. The third-order valence-electron chi connectivity index (χ3n) is 5.44. The van der Waals surface area contributed by atoms with Crippen LogP contribution in [0.15, 0.2) is 0 Å². The average molecular weight is 251 g/mol. The average Bonchev–Trinajstić information content (AvgIpc) is 2.96. The summed E-state index contributed by atoms with van der Waals surface area (Å²) in [6.45, 7) is 4.59. The highest BCUT2D eigenvalue weighted by atomic mass is 16.5. The van der Waals surface area contributed by atoms with Crippen LogP contribution in [0.25, 0.3) is 0 Å². The van der Waals surface area contributed by atoms with Gasteiger partial charge in [0, 0.05) is 12.1 Å². The summed E-state index contributed by atoms with van der Waals surface area (Å²) >= 11 is 0. The quantitative estimate of drug-likeness (QED) is 0.766. The van der Waals surface area contributed by atoms with E-state index in [1.807, 2.05) is 0 Å². The molecule has 0 aromatic carbocycles. The number of rotatable bonds is 2. The summed E-state index contributed by atoms with van der Waals surface area (Å²) in [4.78, 5) is 12.2. The predicted octanol–water partition coefficient (Wildman–Crippen LogP) is 2.49. The molecular weight excluding hydrogens is 226 g/mol. The van der Waals surface area contributed by atoms with Crippen LogP contribution in [0.4, 0.5) is 0 Å². The van der Waals surface area contributed by atoms with Crippen LogP contribution in [-0.4, -0.2) is 24.2 Å². The van der Waals surface area contributed by atoms with Gasteiger partial charge in [-0.15, -0.1) is 0 Å². The van der Waals surface area contributed by atoms with Gasteiger partial charge in [-0.1, -0.05) is 13.8 Å². The zero-order valence-corrected chi connectivity index (χ0v) is 11.5. The lowest BCUT2D eigenvalue weighted by molar-refractivity contribution is -0.157. The molecule has 6 unspecified atom stereocenters. The van der Waals surface area contributed by atoms with Crippen LogP contribution < -0.4 is 5.32 Å². The number of ether oxygens (including phenoxy) is 1. The van der Waals surface area contributed by atoms with E-state index < -0.39 is 0 Å². The van der Waals surface area contributed by atoms with Gasteiger partial charge in [-0.05, 0) is 50.4 Å². The molecule has 0 aromatic rings. The number of esters is 1. The smallest absolute Gasteiger partial charge is 0.310 e. The number of fused-ring (bicyclic) bond motifs is 2. The monoisotopic (exact) mass is 251 g/mol. The highest BCUT2D eigenvalue weighted by Crippen LogP contribution is 2.36.